The van der Waals surface area contributed by atoms with Gasteiger partial charge in [-0.3, -0.25) is 9.59 Å². The zero-order chi connectivity index (χ0) is 14.5. The zero-order valence-corrected chi connectivity index (χ0v) is 10.9. The maximum absolute atomic E-state index is 13.4. The Morgan fingerprint density at radius 2 is 2.10 bits per heavy atom. The SMILES string of the molecule is O=C(O)CC(NC(=O)/C=C/c1ccccc1F)C1CC1. The number of carbonyl (C=O) groups is 2. The van der Waals surface area contributed by atoms with Crippen LogP contribution in [0.5, 0.6) is 0 Å². The molecule has 1 aliphatic rings. The van der Waals surface area contributed by atoms with Gasteiger partial charge in [0.2, 0.25) is 5.91 Å². The molecule has 0 saturated heterocycles. The molecule has 0 spiro atoms. The maximum atomic E-state index is 13.4. The highest BCUT2D eigenvalue weighted by molar-refractivity contribution is 5.92. The molecule has 1 amide bonds. The summed E-state index contributed by atoms with van der Waals surface area (Å²) >= 11 is 0. The fourth-order valence-corrected chi connectivity index (χ4v) is 2.03. The van der Waals surface area contributed by atoms with E-state index in [1.54, 1.807) is 18.2 Å². The second-order valence-corrected chi connectivity index (χ2v) is 4.91. The van der Waals surface area contributed by atoms with Crippen molar-refractivity contribution in [3.8, 4) is 0 Å². The summed E-state index contributed by atoms with van der Waals surface area (Å²) in [4.78, 5) is 22.5. The third kappa shape index (κ3) is 4.19. The highest BCUT2D eigenvalue weighted by Gasteiger charge is 2.33. The molecule has 1 saturated carbocycles. The lowest BCUT2D eigenvalue weighted by atomic mass is 10.1. The van der Waals surface area contributed by atoms with E-state index >= 15 is 0 Å². The molecule has 1 atom stereocenters. The topological polar surface area (TPSA) is 66.4 Å². The summed E-state index contributed by atoms with van der Waals surface area (Å²) in [6.45, 7) is 0. The number of aliphatic carboxylic acids is 1. The van der Waals surface area contributed by atoms with Crippen LogP contribution in [0, 0.1) is 11.7 Å². The molecule has 1 fully saturated rings. The van der Waals surface area contributed by atoms with Crippen LogP contribution < -0.4 is 5.32 Å². The quantitative estimate of drug-likeness (QED) is 0.783. The molecule has 0 aliphatic heterocycles. The lowest BCUT2D eigenvalue weighted by Gasteiger charge is -2.14. The van der Waals surface area contributed by atoms with Gasteiger partial charge in [0.1, 0.15) is 5.82 Å². The van der Waals surface area contributed by atoms with Gasteiger partial charge in [-0.2, -0.15) is 0 Å². The van der Waals surface area contributed by atoms with E-state index in [1.165, 1.54) is 18.2 Å². The van der Waals surface area contributed by atoms with Crippen LogP contribution in [0.3, 0.4) is 0 Å². The van der Waals surface area contributed by atoms with E-state index in [0.29, 0.717) is 5.56 Å². The van der Waals surface area contributed by atoms with Gasteiger partial charge in [-0.05, 0) is 30.9 Å². The fourth-order valence-electron chi connectivity index (χ4n) is 2.03. The van der Waals surface area contributed by atoms with Gasteiger partial charge in [0.25, 0.3) is 0 Å². The summed E-state index contributed by atoms with van der Waals surface area (Å²) in [6, 6.07) is 5.79. The number of carboxylic acid groups (broad SMARTS) is 1. The molecule has 1 aliphatic carbocycles. The van der Waals surface area contributed by atoms with Gasteiger partial charge in [0.05, 0.1) is 6.42 Å². The molecule has 2 N–H and O–H groups in total. The molecule has 2 rings (SSSR count). The Hall–Kier alpha value is -2.17. The normalized spacial score (nSPS) is 16.1. The van der Waals surface area contributed by atoms with Crippen molar-refractivity contribution in [2.75, 3.05) is 0 Å². The molecule has 0 heterocycles. The van der Waals surface area contributed by atoms with E-state index in [9.17, 15) is 14.0 Å². The average molecular weight is 277 g/mol. The van der Waals surface area contributed by atoms with Crippen molar-refractivity contribution < 1.29 is 19.1 Å². The van der Waals surface area contributed by atoms with E-state index in [1.807, 2.05) is 0 Å². The summed E-state index contributed by atoms with van der Waals surface area (Å²) in [7, 11) is 0. The van der Waals surface area contributed by atoms with Crippen LogP contribution in [-0.4, -0.2) is 23.0 Å². The Kier molecular flexibility index (Phi) is 4.50. The number of benzene rings is 1. The average Bonchev–Trinajstić information content (AvgIpc) is 3.21. The van der Waals surface area contributed by atoms with Crippen LogP contribution in [0.2, 0.25) is 0 Å². The number of halogens is 1. The molecule has 1 aromatic rings. The number of rotatable bonds is 6. The zero-order valence-electron chi connectivity index (χ0n) is 10.9. The first-order valence-electron chi connectivity index (χ1n) is 6.51. The van der Waals surface area contributed by atoms with Crippen molar-refractivity contribution in [3.63, 3.8) is 0 Å². The van der Waals surface area contributed by atoms with Gasteiger partial charge in [-0.1, -0.05) is 18.2 Å². The lowest BCUT2D eigenvalue weighted by molar-refractivity contribution is -0.137. The molecule has 4 nitrogen and oxygen atoms in total. The minimum atomic E-state index is -0.930. The standard InChI is InChI=1S/C15H16FNO3/c16-12-4-2-1-3-10(12)7-8-14(18)17-13(9-15(19)20)11-5-6-11/h1-4,7-8,11,13H,5-6,9H2,(H,17,18)(H,19,20)/b8-7+. The number of hydrogen-bond donors (Lipinski definition) is 2. The van der Waals surface area contributed by atoms with Crippen LogP contribution >= 0.6 is 0 Å². The van der Waals surface area contributed by atoms with Crippen LogP contribution in [0.4, 0.5) is 4.39 Å². The third-order valence-electron chi connectivity index (χ3n) is 3.23. The van der Waals surface area contributed by atoms with Crippen molar-refractivity contribution >= 4 is 18.0 Å². The molecule has 106 valence electrons. The van der Waals surface area contributed by atoms with Crippen molar-refractivity contribution in [1.29, 1.82) is 0 Å². The van der Waals surface area contributed by atoms with Gasteiger partial charge in [-0.15, -0.1) is 0 Å². The van der Waals surface area contributed by atoms with Gasteiger partial charge in [0.15, 0.2) is 0 Å². The van der Waals surface area contributed by atoms with Crippen molar-refractivity contribution in [2.45, 2.75) is 25.3 Å². The van der Waals surface area contributed by atoms with Crippen molar-refractivity contribution in [2.24, 2.45) is 5.92 Å². The number of carbonyl (C=O) groups excluding carboxylic acids is 1. The Labute approximate surface area is 116 Å². The fraction of sp³-hybridized carbons (Fsp3) is 0.333. The monoisotopic (exact) mass is 277 g/mol. The van der Waals surface area contributed by atoms with E-state index in [-0.39, 0.29) is 18.4 Å². The largest absolute Gasteiger partial charge is 0.481 e. The van der Waals surface area contributed by atoms with Gasteiger partial charge in [0, 0.05) is 17.7 Å². The predicted octanol–water partition coefficient (Wildman–Crippen LogP) is 2.21. The van der Waals surface area contributed by atoms with Gasteiger partial charge in [-0.25, -0.2) is 4.39 Å². The summed E-state index contributed by atoms with van der Waals surface area (Å²) < 4.78 is 13.4. The van der Waals surface area contributed by atoms with Crippen LogP contribution in [-0.2, 0) is 9.59 Å². The molecular formula is C15H16FNO3. The Balaban J connectivity index is 1.94. The second kappa shape index (κ2) is 6.32. The Morgan fingerprint density at radius 1 is 1.40 bits per heavy atom. The van der Waals surface area contributed by atoms with Gasteiger partial charge < -0.3 is 10.4 Å². The Morgan fingerprint density at radius 3 is 2.70 bits per heavy atom. The minimum Gasteiger partial charge on any atom is -0.481 e. The maximum Gasteiger partial charge on any atom is 0.305 e. The second-order valence-electron chi connectivity index (χ2n) is 4.91. The third-order valence-corrected chi connectivity index (χ3v) is 3.23. The van der Waals surface area contributed by atoms with Crippen molar-refractivity contribution in [3.05, 3.63) is 41.7 Å². The van der Waals surface area contributed by atoms with Crippen LogP contribution in [0.25, 0.3) is 6.08 Å². The van der Waals surface area contributed by atoms with Crippen LogP contribution in [0.15, 0.2) is 30.3 Å². The molecular weight excluding hydrogens is 261 g/mol. The predicted molar refractivity (Wildman–Crippen MR) is 72.3 cm³/mol. The summed E-state index contributed by atoms with van der Waals surface area (Å²) in [5, 5.41) is 11.5. The summed E-state index contributed by atoms with van der Waals surface area (Å²) in [6.07, 6.45) is 4.42. The number of amides is 1. The van der Waals surface area contributed by atoms with E-state index in [4.69, 9.17) is 5.11 Å². The highest BCUT2D eigenvalue weighted by Crippen LogP contribution is 2.34. The molecule has 0 aromatic heterocycles. The number of nitrogens with one attached hydrogen (secondary N) is 1. The first-order valence-corrected chi connectivity index (χ1v) is 6.51. The highest BCUT2D eigenvalue weighted by atomic mass is 19.1. The summed E-state index contributed by atoms with van der Waals surface area (Å²) in [5.74, 6) is -1.48. The molecule has 0 radical (unpaired) electrons. The molecule has 20 heavy (non-hydrogen) atoms. The smallest absolute Gasteiger partial charge is 0.305 e. The molecule has 1 aromatic carbocycles. The van der Waals surface area contributed by atoms with E-state index in [2.05, 4.69) is 5.32 Å². The van der Waals surface area contributed by atoms with Crippen LogP contribution in [0.1, 0.15) is 24.8 Å². The number of carboxylic acids is 1. The first-order chi connectivity index (χ1) is 9.56. The Bertz CT molecular complexity index is 538. The first kappa shape index (κ1) is 14.2. The molecule has 5 heteroatoms. The van der Waals surface area contributed by atoms with Crippen molar-refractivity contribution in [1.82, 2.24) is 5.32 Å². The van der Waals surface area contributed by atoms with Gasteiger partial charge >= 0.3 is 5.97 Å². The number of hydrogen-bond acceptors (Lipinski definition) is 2. The van der Waals surface area contributed by atoms with E-state index in [0.717, 1.165) is 12.8 Å². The minimum absolute atomic E-state index is 0.0794. The molecule has 1 unspecified atom stereocenters. The van der Waals surface area contributed by atoms with E-state index < -0.39 is 17.7 Å². The molecule has 0 bridgehead atoms. The summed E-state index contributed by atoms with van der Waals surface area (Å²) in [5.41, 5.74) is 0.323. The lowest BCUT2D eigenvalue weighted by Crippen LogP contribution is -2.37.